The van der Waals surface area contributed by atoms with Crippen molar-refractivity contribution in [2.24, 2.45) is 5.92 Å². The fourth-order valence-electron chi connectivity index (χ4n) is 2.72. The van der Waals surface area contributed by atoms with Crippen LogP contribution in [0.3, 0.4) is 0 Å². The number of benzene rings is 1. The molecule has 0 fully saturated rings. The standard InChI is InChI=1S/C16H25N3O2/c1-3-4-12(7-8-20)10-17-11(2)13-5-6-14-15(9-13)19-16(21)18-14/h5-6,9,11-12,17,20H,3-4,7-8,10H2,1-2H3,(H2,18,19,21). The van der Waals surface area contributed by atoms with E-state index in [1.165, 1.54) is 0 Å². The van der Waals surface area contributed by atoms with Crippen LogP contribution in [0.5, 0.6) is 0 Å². The van der Waals surface area contributed by atoms with Crippen molar-refractivity contribution in [3.8, 4) is 0 Å². The molecule has 1 heterocycles. The first kappa shape index (κ1) is 15.8. The molecule has 0 radical (unpaired) electrons. The molecule has 1 aromatic carbocycles. The molecule has 0 aliphatic heterocycles. The Hall–Kier alpha value is -1.59. The lowest BCUT2D eigenvalue weighted by atomic mass is 9.99. The summed E-state index contributed by atoms with van der Waals surface area (Å²) < 4.78 is 0. The van der Waals surface area contributed by atoms with Crippen molar-refractivity contribution in [2.45, 2.75) is 39.2 Å². The molecule has 0 saturated heterocycles. The number of aromatic amines is 2. The Labute approximate surface area is 124 Å². The Morgan fingerprint density at radius 2 is 2.00 bits per heavy atom. The minimum Gasteiger partial charge on any atom is -0.396 e. The predicted octanol–water partition coefficient (Wildman–Crippen LogP) is 2.31. The Kier molecular flexibility index (Phi) is 5.59. The molecule has 2 unspecified atom stereocenters. The Morgan fingerprint density at radius 3 is 2.71 bits per heavy atom. The average molecular weight is 291 g/mol. The van der Waals surface area contributed by atoms with Gasteiger partial charge in [0.1, 0.15) is 0 Å². The number of fused-ring (bicyclic) bond motifs is 1. The van der Waals surface area contributed by atoms with Gasteiger partial charge in [-0.3, -0.25) is 0 Å². The summed E-state index contributed by atoms with van der Waals surface area (Å²) in [4.78, 5) is 16.8. The van der Waals surface area contributed by atoms with Crippen molar-refractivity contribution >= 4 is 11.0 Å². The molecule has 0 spiro atoms. The van der Waals surface area contributed by atoms with Gasteiger partial charge in [0.2, 0.25) is 0 Å². The third-order valence-corrected chi connectivity index (χ3v) is 3.99. The number of rotatable bonds is 8. The maximum Gasteiger partial charge on any atom is 0.323 e. The summed E-state index contributed by atoms with van der Waals surface area (Å²) >= 11 is 0. The SMILES string of the molecule is CCCC(CCO)CNC(C)c1ccc2[nH]c(=O)[nH]c2c1. The lowest BCUT2D eigenvalue weighted by Crippen LogP contribution is -2.26. The van der Waals surface area contributed by atoms with Crippen LogP contribution in [0.2, 0.25) is 0 Å². The van der Waals surface area contributed by atoms with E-state index < -0.39 is 0 Å². The fourth-order valence-corrected chi connectivity index (χ4v) is 2.72. The van der Waals surface area contributed by atoms with Gasteiger partial charge in [0.25, 0.3) is 0 Å². The zero-order valence-electron chi connectivity index (χ0n) is 12.8. The van der Waals surface area contributed by atoms with E-state index in [1.54, 1.807) is 0 Å². The number of nitrogens with one attached hydrogen (secondary N) is 3. The van der Waals surface area contributed by atoms with Crippen molar-refractivity contribution < 1.29 is 5.11 Å². The number of hydrogen-bond donors (Lipinski definition) is 4. The van der Waals surface area contributed by atoms with Crippen LogP contribution in [-0.4, -0.2) is 28.2 Å². The zero-order valence-corrected chi connectivity index (χ0v) is 12.8. The maximum absolute atomic E-state index is 11.3. The molecule has 4 N–H and O–H groups in total. The van der Waals surface area contributed by atoms with E-state index in [1.807, 2.05) is 18.2 Å². The largest absolute Gasteiger partial charge is 0.396 e. The lowest BCUT2D eigenvalue weighted by Gasteiger charge is -2.20. The smallest absolute Gasteiger partial charge is 0.323 e. The van der Waals surface area contributed by atoms with E-state index >= 15 is 0 Å². The monoisotopic (exact) mass is 291 g/mol. The lowest BCUT2D eigenvalue weighted by molar-refractivity contribution is 0.246. The summed E-state index contributed by atoms with van der Waals surface area (Å²) in [6.07, 6.45) is 3.11. The molecule has 116 valence electrons. The first-order valence-electron chi connectivity index (χ1n) is 7.70. The normalized spacial score (nSPS) is 14.4. The number of aliphatic hydroxyl groups is 1. The minimum atomic E-state index is -0.172. The molecular formula is C16H25N3O2. The van der Waals surface area contributed by atoms with Gasteiger partial charge in [-0.25, -0.2) is 4.79 Å². The molecule has 0 saturated carbocycles. The van der Waals surface area contributed by atoms with E-state index in [0.29, 0.717) is 5.92 Å². The third-order valence-electron chi connectivity index (χ3n) is 3.99. The summed E-state index contributed by atoms with van der Waals surface area (Å²) in [6, 6.07) is 6.18. The van der Waals surface area contributed by atoms with E-state index in [4.69, 9.17) is 5.11 Å². The van der Waals surface area contributed by atoms with Crippen LogP contribution >= 0.6 is 0 Å². The molecule has 5 nitrogen and oxygen atoms in total. The van der Waals surface area contributed by atoms with Crippen LogP contribution < -0.4 is 11.0 Å². The molecule has 0 bridgehead atoms. The Morgan fingerprint density at radius 1 is 1.24 bits per heavy atom. The first-order valence-corrected chi connectivity index (χ1v) is 7.70. The highest BCUT2D eigenvalue weighted by Crippen LogP contribution is 2.18. The molecule has 1 aromatic heterocycles. The van der Waals surface area contributed by atoms with Crippen LogP contribution in [0.4, 0.5) is 0 Å². The summed E-state index contributed by atoms with van der Waals surface area (Å²) in [7, 11) is 0. The van der Waals surface area contributed by atoms with Gasteiger partial charge in [-0.1, -0.05) is 19.4 Å². The highest BCUT2D eigenvalue weighted by molar-refractivity contribution is 5.75. The molecule has 2 rings (SSSR count). The van der Waals surface area contributed by atoms with Gasteiger partial charge in [0, 0.05) is 12.6 Å². The van der Waals surface area contributed by atoms with Crippen LogP contribution in [-0.2, 0) is 0 Å². The second-order valence-electron chi connectivity index (χ2n) is 5.68. The van der Waals surface area contributed by atoms with Crippen LogP contribution in [0.1, 0.15) is 44.7 Å². The molecule has 0 aliphatic carbocycles. The minimum absolute atomic E-state index is 0.172. The number of hydrogen-bond acceptors (Lipinski definition) is 3. The van der Waals surface area contributed by atoms with Crippen molar-refractivity contribution in [2.75, 3.05) is 13.2 Å². The van der Waals surface area contributed by atoms with Gasteiger partial charge >= 0.3 is 5.69 Å². The van der Waals surface area contributed by atoms with Gasteiger partial charge in [-0.2, -0.15) is 0 Å². The predicted molar refractivity (Wildman–Crippen MR) is 85.4 cm³/mol. The number of imidazole rings is 1. The number of aromatic nitrogens is 2. The molecule has 0 aliphatic rings. The van der Waals surface area contributed by atoms with Gasteiger partial charge in [-0.15, -0.1) is 0 Å². The second-order valence-corrected chi connectivity index (χ2v) is 5.68. The van der Waals surface area contributed by atoms with Gasteiger partial charge in [0.05, 0.1) is 11.0 Å². The third kappa shape index (κ3) is 4.19. The summed E-state index contributed by atoms with van der Waals surface area (Å²) in [5, 5.41) is 12.6. The fraction of sp³-hybridized carbons (Fsp3) is 0.562. The van der Waals surface area contributed by atoms with E-state index in [0.717, 1.165) is 42.4 Å². The Balaban J connectivity index is 2.00. The highest BCUT2D eigenvalue weighted by Gasteiger charge is 2.11. The van der Waals surface area contributed by atoms with Gasteiger partial charge < -0.3 is 20.4 Å². The van der Waals surface area contributed by atoms with Crippen molar-refractivity contribution in [1.29, 1.82) is 0 Å². The quantitative estimate of drug-likeness (QED) is 0.602. The Bertz CT molecular complexity index is 611. The van der Waals surface area contributed by atoms with Crippen molar-refractivity contribution in [1.82, 2.24) is 15.3 Å². The van der Waals surface area contributed by atoms with Crippen LogP contribution in [0.25, 0.3) is 11.0 Å². The highest BCUT2D eigenvalue weighted by atomic mass is 16.3. The molecule has 5 heteroatoms. The first-order chi connectivity index (χ1) is 10.1. The van der Waals surface area contributed by atoms with E-state index in [9.17, 15) is 4.79 Å². The van der Waals surface area contributed by atoms with Crippen molar-refractivity contribution in [3.05, 3.63) is 34.2 Å². The van der Waals surface area contributed by atoms with Gasteiger partial charge in [-0.05, 0) is 49.9 Å². The summed E-state index contributed by atoms with van der Waals surface area (Å²) in [6.45, 7) is 5.44. The summed E-state index contributed by atoms with van der Waals surface area (Å²) in [5.74, 6) is 0.512. The molecule has 2 aromatic rings. The number of H-pyrrole nitrogens is 2. The summed E-state index contributed by atoms with van der Waals surface area (Å²) in [5.41, 5.74) is 2.65. The maximum atomic E-state index is 11.3. The molecule has 21 heavy (non-hydrogen) atoms. The number of aliphatic hydroxyl groups excluding tert-OH is 1. The van der Waals surface area contributed by atoms with Gasteiger partial charge in [0.15, 0.2) is 0 Å². The molecule has 2 atom stereocenters. The molecule has 0 amide bonds. The van der Waals surface area contributed by atoms with E-state index in [-0.39, 0.29) is 18.3 Å². The average Bonchev–Trinajstić information content (AvgIpc) is 2.84. The van der Waals surface area contributed by atoms with Crippen LogP contribution in [0.15, 0.2) is 23.0 Å². The van der Waals surface area contributed by atoms with E-state index in [2.05, 4.69) is 29.1 Å². The zero-order chi connectivity index (χ0) is 15.2. The van der Waals surface area contributed by atoms with Crippen molar-refractivity contribution in [3.63, 3.8) is 0 Å². The van der Waals surface area contributed by atoms with Crippen LogP contribution in [0, 0.1) is 5.92 Å². The molecular weight excluding hydrogens is 266 g/mol. The topological polar surface area (TPSA) is 80.9 Å². The second kappa shape index (κ2) is 7.43.